The van der Waals surface area contributed by atoms with Crippen molar-refractivity contribution in [3.05, 3.63) is 39.4 Å². The molecule has 102 valence electrons. The van der Waals surface area contributed by atoms with Gasteiger partial charge in [0.15, 0.2) is 0 Å². The van der Waals surface area contributed by atoms with E-state index in [0.29, 0.717) is 22.8 Å². The number of amidine groups is 2. The Morgan fingerprint density at radius 3 is 1.58 bits per heavy atom. The Labute approximate surface area is 111 Å². The van der Waals surface area contributed by atoms with Crippen molar-refractivity contribution in [2.75, 3.05) is 28.2 Å². The molecule has 0 aliphatic heterocycles. The van der Waals surface area contributed by atoms with Crippen LogP contribution in [-0.4, -0.2) is 53.9 Å². The van der Waals surface area contributed by atoms with E-state index >= 15 is 0 Å². The molecule has 0 atom stereocenters. The number of rotatable bonds is 3. The number of nitro benzene ring substituents is 1. The lowest BCUT2D eigenvalue weighted by Crippen LogP contribution is -2.27. The summed E-state index contributed by atoms with van der Waals surface area (Å²) >= 11 is 0. The predicted molar refractivity (Wildman–Crippen MR) is 73.9 cm³/mol. The standard InChI is InChI=1S/C12H17N5O2/c1-15(2)11(13)8-5-9(12(14)16(3)4)7-10(6-8)17(18)19/h5-7,13-14H,1-4H3/p+2. The van der Waals surface area contributed by atoms with E-state index in [4.69, 9.17) is 11.5 Å². The molecule has 0 unspecified atom stereocenters. The topological polar surface area (TPSA) is 101 Å². The van der Waals surface area contributed by atoms with Crippen LogP contribution in [0.15, 0.2) is 18.2 Å². The molecule has 1 rings (SSSR count). The first-order valence-electron chi connectivity index (χ1n) is 5.63. The molecular formula is C12H19N5O2+2. The summed E-state index contributed by atoms with van der Waals surface area (Å²) < 4.78 is 3.38. The molecule has 0 fully saturated rings. The second-order valence-electron chi connectivity index (χ2n) is 4.59. The van der Waals surface area contributed by atoms with Crippen molar-refractivity contribution in [1.29, 1.82) is 0 Å². The molecule has 0 aromatic heterocycles. The van der Waals surface area contributed by atoms with Gasteiger partial charge in [-0.25, -0.2) is 0 Å². The lowest BCUT2D eigenvalue weighted by Gasteiger charge is -2.04. The van der Waals surface area contributed by atoms with Crippen LogP contribution in [-0.2, 0) is 0 Å². The quantitative estimate of drug-likeness (QED) is 0.254. The monoisotopic (exact) mass is 265 g/mol. The lowest BCUT2D eigenvalue weighted by atomic mass is 10.1. The molecule has 0 saturated heterocycles. The van der Waals surface area contributed by atoms with E-state index in [1.807, 2.05) is 0 Å². The molecule has 0 heterocycles. The third kappa shape index (κ3) is 3.27. The zero-order chi connectivity index (χ0) is 14.7. The van der Waals surface area contributed by atoms with Gasteiger partial charge in [0.2, 0.25) is 0 Å². The first kappa shape index (κ1) is 14.6. The maximum atomic E-state index is 11.0. The Morgan fingerprint density at radius 2 is 1.32 bits per heavy atom. The summed E-state index contributed by atoms with van der Waals surface area (Å²) in [4.78, 5) is 10.5. The summed E-state index contributed by atoms with van der Waals surface area (Å²) in [7, 11) is 7.08. The van der Waals surface area contributed by atoms with E-state index in [-0.39, 0.29) is 5.69 Å². The fourth-order valence-corrected chi connectivity index (χ4v) is 1.53. The van der Waals surface area contributed by atoms with Gasteiger partial charge in [-0.1, -0.05) is 0 Å². The molecule has 1 aromatic carbocycles. The van der Waals surface area contributed by atoms with E-state index < -0.39 is 4.92 Å². The molecular weight excluding hydrogens is 246 g/mol. The summed E-state index contributed by atoms with van der Waals surface area (Å²) in [5, 5.41) is 11.0. The number of nitrogens with zero attached hydrogens (tertiary/aromatic N) is 3. The van der Waals surface area contributed by atoms with Gasteiger partial charge in [-0.15, -0.1) is 0 Å². The summed E-state index contributed by atoms with van der Waals surface area (Å²) in [6.45, 7) is 0. The van der Waals surface area contributed by atoms with Crippen LogP contribution in [0.4, 0.5) is 5.69 Å². The summed E-state index contributed by atoms with van der Waals surface area (Å²) in [6, 6.07) is 4.60. The van der Waals surface area contributed by atoms with Gasteiger partial charge < -0.3 is 0 Å². The maximum absolute atomic E-state index is 11.0. The highest BCUT2D eigenvalue weighted by Crippen LogP contribution is 2.17. The maximum Gasteiger partial charge on any atom is 0.274 e. The van der Waals surface area contributed by atoms with Crippen LogP contribution in [0.5, 0.6) is 0 Å². The molecule has 0 aliphatic carbocycles. The zero-order valence-corrected chi connectivity index (χ0v) is 11.5. The molecule has 0 aliphatic rings. The van der Waals surface area contributed by atoms with Gasteiger partial charge in [0.25, 0.3) is 17.4 Å². The average Bonchev–Trinajstić information content (AvgIpc) is 2.35. The van der Waals surface area contributed by atoms with Crippen LogP contribution in [0.3, 0.4) is 0 Å². The fraction of sp³-hybridized carbons (Fsp3) is 0.333. The summed E-state index contributed by atoms with van der Waals surface area (Å²) in [6.07, 6.45) is 0. The highest BCUT2D eigenvalue weighted by molar-refractivity contribution is 6.00. The molecule has 0 bridgehead atoms. The SMILES string of the molecule is C[N+](C)=C(N)c1cc(C(N)=[N+](C)C)cc([N+](=O)[O-])c1. The van der Waals surface area contributed by atoms with Gasteiger partial charge in [-0.2, -0.15) is 0 Å². The number of hydrogen-bond donors (Lipinski definition) is 2. The van der Waals surface area contributed by atoms with E-state index in [1.165, 1.54) is 12.1 Å². The minimum Gasteiger partial charge on any atom is -0.287 e. The van der Waals surface area contributed by atoms with Crippen LogP contribution >= 0.6 is 0 Å². The van der Waals surface area contributed by atoms with Crippen LogP contribution in [0.2, 0.25) is 0 Å². The van der Waals surface area contributed by atoms with Crippen LogP contribution in [0.1, 0.15) is 11.1 Å². The zero-order valence-electron chi connectivity index (χ0n) is 11.5. The number of benzene rings is 1. The van der Waals surface area contributed by atoms with Gasteiger partial charge in [-0.3, -0.25) is 30.7 Å². The first-order chi connectivity index (χ1) is 8.73. The van der Waals surface area contributed by atoms with Crippen molar-refractivity contribution < 1.29 is 14.1 Å². The molecule has 0 saturated carbocycles. The molecule has 19 heavy (non-hydrogen) atoms. The van der Waals surface area contributed by atoms with Crippen LogP contribution in [0, 0.1) is 10.1 Å². The Balaban J connectivity index is 3.57. The molecule has 0 radical (unpaired) electrons. The van der Waals surface area contributed by atoms with E-state index in [0.717, 1.165) is 0 Å². The number of non-ortho nitro benzene ring substituents is 1. The van der Waals surface area contributed by atoms with Crippen molar-refractivity contribution >= 4 is 17.4 Å². The Kier molecular flexibility index (Phi) is 4.21. The number of nitrogens with two attached hydrogens (primary N) is 2. The second-order valence-corrected chi connectivity index (χ2v) is 4.59. The Bertz CT molecular complexity index is 540. The summed E-state index contributed by atoms with van der Waals surface area (Å²) in [5.41, 5.74) is 12.9. The Morgan fingerprint density at radius 1 is 0.947 bits per heavy atom. The average molecular weight is 265 g/mol. The third-order valence-corrected chi connectivity index (χ3v) is 2.68. The van der Waals surface area contributed by atoms with E-state index in [1.54, 1.807) is 43.4 Å². The normalized spacial score (nSPS) is 9.89. The summed E-state index contributed by atoms with van der Waals surface area (Å²) in [5.74, 6) is 0.882. The van der Waals surface area contributed by atoms with Crippen LogP contribution < -0.4 is 11.5 Å². The number of nitro groups is 1. The third-order valence-electron chi connectivity index (χ3n) is 2.68. The van der Waals surface area contributed by atoms with Crippen molar-refractivity contribution in [2.24, 2.45) is 11.5 Å². The van der Waals surface area contributed by atoms with Crippen molar-refractivity contribution in [3.63, 3.8) is 0 Å². The van der Waals surface area contributed by atoms with Gasteiger partial charge in [0.1, 0.15) is 0 Å². The minimum atomic E-state index is -0.459. The smallest absolute Gasteiger partial charge is 0.274 e. The first-order valence-corrected chi connectivity index (χ1v) is 5.63. The van der Waals surface area contributed by atoms with Gasteiger partial charge >= 0.3 is 0 Å². The molecule has 0 spiro atoms. The fourth-order valence-electron chi connectivity index (χ4n) is 1.53. The molecule has 1 aromatic rings. The van der Waals surface area contributed by atoms with E-state index in [2.05, 4.69) is 0 Å². The Hall–Kier alpha value is -2.44. The second kappa shape index (κ2) is 5.47. The van der Waals surface area contributed by atoms with Gasteiger partial charge in [-0.05, 0) is 6.07 Å². The molecule has 7 nitrogen and oxygen atoms in total. The van der Waals surface area contributed by atoms with E-state index in [9.17, 15) is 10.1 Å². The number of hydrogen-bond acceptors (Lipinski definition) is 2. The predicted octanol–water partition coefficient (Wildman–Crippen LogP) is -0.450. The lowest BCUT2D eigenvalue weighted by molar-refractivity contribution is -0.465. The molecule has 0 amide bonds. The largest absolute Gasteiger partial charge is 0.287 e. The molecule has 4 N–H and O–H groups in total. The van der Waals surface area contributed by atoms with Gasteiger partial charge in [0, 0.05) is 12.1 Å². The van der Waals surface area contributed by atoms with Crippen molar-refractivity contribution in [3.8, 4) is 0 Å². The highest BCUT2D eigenvalue weighted by atomic mass is 16.6. The van der Waals surface area contributed by atoms with Gasteiger partial charge in [0.05, 0.1) is 44.2 Å². The van der Waals surface area contributed by atoms with Crippen molar-refractivity contribution in [1.82, 2.24) is 0 Å². The van der Waals surface area contributed by atoms with Crippen LogP contribution in [0.25, 0.3) is 0 Å². The molecule has 7 heteroatoms. The minimum absolute atomic E-state index is 0.0397. The highest BCUT2D eigenvalue weighted by Gasteiger charge is 2.18. The van der Waals surface area contributed by atoms with Crippen molar-refractivity contribution in [2.45, 2.75) is 0 Å².